The number of nitrogens with two attached hydrogens (primary N) is 1. The number of aryl methyl sites for hydroxylation is 2. The zero-order valence-corrected chi connectivity index (χ0v) is 19.5. The average Bonchev–Trinajstić information content (AvgIpc) is 3.62. The lowest BCUT2D eigenvalue weighted by Gasteiger charge is -2.23. The lowest BCUT2D eigenvalue weighted by Crippen LogP contribution is -2.49. The van der Waals surface area contributed by atoms with Gasteiger partial charge in [-0.15, -0.1) is 0 Å². The van der Waals surface area contributed by atoms with Crippen LogP contribution in [0.3, 0.4) is 0 Å². The highest BCUT2D eigenvalue weighted by Crippen LogP contribution is 2.27. The Kier molecular flexibility index (Phi) is 7.65. The molecule has 1 unspecified atom stereocenters. The van der Waals surface area contributed by atoms with E-state index in [1.54, 1.807) is 6.07 Å². The van der Waals surface area contributed by atoms with E-state index >= 15 is 0 Å². The number of anilines is 1. The van der Waals surface area contributed by atoms with Crippen molar-refractivity contribution in [3.63, 3.8) is 0 Å². The second-order valence-corrected chi connectivity index (χ2v) is 9.68. The lowest BCUT2D eigenvalue weighted by atomic mass is 9.97. The van der Waals surface area contributed by atoms with Crippen molar-refractivity contribution in [2.75, 3.05) is 18.8 Å². The van der Waals surface area contributed by atoms with Crippen LogP contribution in [-0.4, -0.2) is 37.0 Å². The minimum Gasteiger partial charge on any atom is -0.399 e. The summed E-state index contributed by atoms with van der Waals surface area (Å²) >= 11 is 0. The van der Waals surface area contributed by atoms with Gasteiger partial charge >= 0.3 is 0 Å². The smallest absolute Gasteiger partial charge is 0.251 e. The SMILES string of the molecule is C[C@H](NCC1Cc2cccc(c2)CCCCc2cc(N)cc(c2)C(=O)N1)C(=O)NCC1CC1. The Morgan fingerprint density at radius 1 is 1.06 bits per heavy atom. The van der Waals surface area contributed by atoms with E-state index in [2.05, 4.69) is 40.2 Å². The summed E-state index contributed by atoms with van der Waals surface area (Å²) in [6.45, 7) is 3.14. The van der Waals surface area contributed by atoms with Crippen molar-refractivity contribution in [3.05, 3.63) is 64.7 Å². The molecule has 6 heteroatoms. The molecule has 0 saturated heterocycles. The third kappa shape index (κ3) is 7.06. The molecule has 1 aliphatic carbocycles. The molecule has 176 valence electrons. The topological polar surface area (TPSA) is 96.2 Å². The summed E-state index contributed by atoms with van der Waals surface area (Å²) in [6, 6.07) is 13.8. The molecule has 4 bridgehead atoms. The molecule has 1 aliphatic heterocycles. The monoisotopic (exact) mass is 448 g/mol. The van der Waals surface area contributed by atoms with Crippen molar-refractivity contribution in [2.24, 2.45) is 5.92 Å². The first-order valence-corrected chi connectivity index (χ1v) is 12.3. The molecular formula is C27H36N4O2. The fraction of sp³-hybridized carbons (Fsp3) is 0.481. The number of nitrogen functional groups attached to an aromatic ring is 1. The zero-order valence-electron chi connectivity index (χ0n) is 19.5. The van der Waals surface area contributed by atoms with E-state index in [-0.39, 0.29) is 23.9 Å². The maximum Gasteiger partial charge on any atom is 0.251 e. The number of amides is 2. The van der Waals surface area contributed by atoms with Crippen molar-refractivity contribution >= 4 is 17.5 Å². The van der Waals surface area contributed by atoms with Gasteiger partial charge in [-0.3, -0.25) is 9.59 Å². The van der Waals surface area contributed by atoms with Crippen LogP contribution in [0.4, 0.5) is 5.69 Å². The number of hydrogen-bond acceptors (Lipinski definition) is 4. The Morgan fingerprint density at radius 3 is 2.61 bits per heavy atom. The molecule has 2 atom stereocenters. The van der Waals surface area contributed by atoms with Crippen LogP contribution in [0.15, 0.2) is 42.5 Å². The second-order valence-electron chi connectivity index (χ2n) is 9.68. The Hall–Kier alpha value is -2.86. The highest BCUT2D eigenvalue weighted by molar-refractivity contribution is 5.95. The van der Waals surface area contributed by atoms with Gasteiger partial charge in [0.1, 0.15) is 0 Å². The first-order valence-electron chi connectivity index (χ1n) is 12.3. The van der Waals surface area contributed by atoms with E-state index in [0.717, 1.165) is 37.8 Å². The van der Waals surface area contributed by atoms with Gasteiger partial charge in [-0.1, -0.05) is 24.3 Å². The number of rotatable bonds is 6. The molecule has 4 rings (SSSR count). The van der Waals surface area contributed by atoms with E-state index in [1.165, 1.54) is 24.0 Å². The van der Waals surface area contributed by atoms with Crippen LogP contribution < -0.4 is 21.7 Å². The molecule has 0 aromatic heterocycles. The summed E-state index contributed by atoms with van der Waals surface area (Å²) in [7, 11) is 0. The molecule has 33 heavy (non-hydrogen) atoms. The molecule has 2 aliphatic rings. The number of carbonyl (C=O) groups is 2. The number of hydrogen-bond donors (Lipinski definition) is 4. The molecule has 0 radical (unpaired) electrons. The minimum atomic E-state index is -0.320. The van der Waals surface area contributed by atoms with Crippen molar-refractivity contribution < 1.29 is 9.59 Å². The van der Waals surface area contributed by atoms with Gasteiger partial charge in [0.05, 0.1) is 6.04 Å². The fourth-order valence-electron chi connectivity index (χ4n) is 4.42. The Morgan fingerprint density at radius 2 is 1.82 bits per heavy atom. The average molecular weight is 449 g/mol. The van der Waals surface area contributed by atoms with Crippen molar-refractivity contribution in [3.8, 4) is 0 Å². The van der Waals surface area contributed by atoms with Gasteiger partial charge in [0.25, 0.3) is 5.91 Å². The van der Waals surface area contributed by atoms with E-state index in [4.69, 9.17) is 5.73 Å². The van der Waals surface area contributed by atoms with Crippen LogP contribution >= 0.6 is 0 Å². The first-order chi connectivity index (χ1) is 16.0. The Balaban J connectivity index is 1.48. The largest absolute Gasteiger partial charge is 0.399 e. The van der Waals surface area contributed by atoms with Crippen molar-refractivity contribution in [2.45, 2.75) is 64.0 Å². The summed E-state index contributed by atoms with van der Waals surface area (Å²) < 4.78 is 0. The predicted molar refractivity (Wildman–Crippen MR) is 132 cm³/mol. The van der Waals surface area contributed by atoms with Gasteiger partial charge in [-0.2, -0.15) is 0 Å². The van der Waals surface area contributed by atoms with E-state index in [9.17, 15) is 9.59 Å². The van der Waals surface area contributed by atoms with Gasteiger partial charge in [-0.25, -0.2) is 0 Å². The summed E-state index contributed by atoms with van der Waals surface area (Å²) in [4.78, 5) is 25.5. The van der Waals surface area contributed by atoms with Crippen LogP contribution in [0, 0.1) is 5.92 Å². The third-order valence-electron chi connectivity index (χ3n) is 6.59. The summed E-state index contributed by atoms with van der Waals surface area (Å²) in [6.07, 6.45) is 7.21. The van der Waals surface area contributed by atoms with Crippen molar-refractivity contribution in [1.82, 2.24) is 16.0 Å². The zero-order chi connectivity index (χ0) is 23.2. The van der Waals surface area contributed by atoms with Crippen LogP contribution in [0.2, 0.25) is 0 Å². The molecule has 2 amide bonds. The fourth-order valence-corrected chi connectivity index (χ4v) is 4.42. The van der Waals surface area contributed by atoms with Gasteiger partial charge in [0.2, 0.25) is 5.91 Å². The minimum absolute atomic E-state index is 0.0107. The molecule has 0 spiro atoms. The number of fused-ring (bicyclic) bond motifs is 4. The first kappa shape index (κ1) is 23.3. The molecule has 1 fully saturated rings. The van der Waals surface area contributed by atoms with E-state index in [0.29, 0.717) is 30.1 Å². The van der Waals surface area contributed by atoms with Gasteiger partial charge in [0.15, 0.2) is 0 Å². The highest BCUT2D eigenvalue weighted by atomic mass is 16.2. The summed E-state index contributed by atoms with van der Waals surface area (Å²) in [5.74, 6) is 0.529. The van der Waals surface area contributed by atoms with Crippen LogP contribution in [-0.2, 0) is 24.1 Å². The second kappa shape index (κ2) is 10.8. The lowest BCUT2D eigenvalue weighted by molar-refractivity contribution is -0.122. The Labute approximate surface area is 196 Å². The molecule has 1 saturated carbocycles. The predicted octanol–water partition coefficient (Wildman–Crippen LogP) is 2.99. The molecule has 5 N–H and O–H groups in total. The van der Waals surface area contributed by atoms with Crippen molar-refractivity contribution in [1.29, 1.82) is 0 Å². The highest BCUT2D eigenvalue weighted by Gasteiger charge is 2.23. The number of nitrogens with one attached hydrogen (secondary N) is 3. The van der Waals surface area contributed by atoms with Gasteiger partial charge in [0, 0.05) is 30.4 Å². The normalized spacial score (nSPS) is 19.8. The van der Waals surface area contributed by atoms with E-state index < -0.39 is 0 Å². The quantitative estimate of drug-likeness (QED) is 0.511. The molecule has 1 heterocycles. The van der Waals surface area contributed by atoms with E-state index in [1.807, 2.05) is 19.1 Å². The summed E-state index contributed by atoms with van der Waals surface area (Å²) in [5.41, 5.74) is 10.9. The standard InChI is InChI=1S/C27H36N4O2/c1-18(26(32)30-16-20-9-10-20)29-17-25-14-21-8-4-7-19(11-21)5-2-3-6-22-12-23(27(33)31-25)15-24(28)13-22/h4,7-8,11-13,15,18,20,25,29H,2-3,5-6,9-10,14,16-17,28H2,1H3,(H,30,32)(H,31,33)/t18-,25?/m0/s1. The maximum atomic E-state index is 13.1. The maximum absolute atomic E-state index is 13.1. The Bertz CT molecular complexity index is 986. The number of benzene rings is 2. The number of carbonyl (C=O) groups excluding carboxylic acids is 2. The molecular weight excluding hydrogens is 412 g/mol. The molecule has 2 aromatic rings. The van der Waals surface area contributed by atoms with Crippen LogP contribution in [0.1, 0.15) is 59.7 Å². The van der Waals surface area contributed by atoms with Gasteiger partial charge < -0.3 is 21.7 Å². The molecule has 6 nitrogen and oxygen atoms in total. The molecule has 2 aromatic carbocycles. The van der Waals surface area contributed by atoms with Crippen LogP contribution in [0.25, 0.3) is 0 Å². The third-order valence-corrected chi connectivity index (χ3v) is 6.59. The van der Waals surface area contributed by atoms with Crippen LogP contribution in [0.5, 0.6) is 0 Å². The summed E-state index contributed by atoms with van der Waals surface area (Å²) in [5, 5.41) is 9.53. The van der Waals surface area contributed by atoms with Gasteiger partial charge in [-0.05, 0) is 92.7 Å².